The van der Waals surface area contributed by atoms with Gasteiger partial charge in [0.2, 0.25) is 0 Å². The smallest absolute Gasteiger partial charge is 0.337 e. The number of rotatable bonds is 6. The van der Waals surface area contributed by atoms with Crippen LogP contribution in [0.15, 0.2) is 57.9 Å². The maximum absolute atomic E-state index is 14.5. The van der Waals surface area contributed by atoms with Crippen LogP contribution in [0.4, 0.5) is 20.2 Å². The summed E-state index contributed by atoms with van der Waals surface area (Å²) in [6, 6.07) is 8.32. The summed E-state index contributed by atoms with van der Waals surface area (Å²) < 4.78 is 55.7. The Kier molecular flexibility index (Phi) is 7.27. The van der Waals surface area contributed by atoms with Gasteiger partial charge >= 0.3 is 5.97 Å². The minimum Gasteiger partial charge on any atom is -0.478 e. The number of benzene rings is 3. The van der Waals surface area contributed by atoms with Gasteiger partial charge in [0.05, 0.1) is 32.5 Å². The van der Waals surface area contributed by atoms with E-state index in [0.29, 0.717) is 16.6 Å². The summed E-state index contributed by atoms with van der Waals surface area (Å²) in [6.07, 6.45) is 0. The summed E-state index contributed by atoms with van der Waals surface area (Å²) in [4.78, 5) is 23.2. The van der Waals surface area contributed by atoms with E-state index in [1.165, 1.54) is 18.2 Å². The number of sulfonamides is 1. The molecule has 3 rings (SSSR count). The molecule has 3 aromatic carbocycles. The molecular weight excluding hydrogens is 569 g/mol. The quantitative estimate of drug-likeness (QED) is 0.342. The van der Waals surface area contributed by atoms with Crippen LogP contribution in [-0.2, 0) is 10.0 Å². The van der Waals surface area contributed by atoms with Crippen LogP contribution in [0.3, 0.4) is 0 Å². The Bertz CT molecular complexity index is 1400. The van der Waals surface area contributed by atoms with Gasteiger partial charge < -0.3 is 10.4 Å². The Labute approximate surface area is 204 Å². The number of halogens is 5. The fourth-order valence-electron chi connectivity index (χ4n) is 2.67. The fraction of sp³-hybridized carbons (Fsp3) is 0. The maximum Gasteiger partial charge on any atom is 0.337 e. The summed E-state index contributed by atoms with van der Waals surface area (Å²) in [7, 11) is -4.59. The molecule has 0 spiro atoms. The summed E-state index contributed by atoms with van der Waals surface area (Å²) >= 11 is 14.7. The summed E-state index contributed by atoms with van der Waals surface area (Å²) in [5.41, 5.74) is -0.934. The zero-order valence-corrected chi connectivity index (χ0v) is 19.9. The first-order valence-electron chi connectivity index (χ1n) is 8.70. The second kappa shape index (κ2) is 9.64. The van der Waals surface area contributed by atoms with Crippen LogP contribution in [0.2, 0.25) is 10.0 Å². The molecule has 0 fully saturated rings. The van der Waals surface area contributed by atoms with Gasteiger partial charge in [-0.2, -0.15) is 0 Å². The molecule has 1 amide bonds. The normalized spacial score (nSPS) is 11.2. The van der Waals surface area contributed by atoms with Crippen molar-refractivity contribution >= 4 is 72.4 Å². The van der Waals surface area contributed by atoms with Gasteiger partial charge in [0, 0.05) is 4.47 Å². The lowest BCUT2D eigenvalue weighted by Crippen LogP contribution is -2.19. The van der Waals surface area contributed by atoms with Crippen molar-refractivity contribution in [1.82, 2.24) is 0 Å². The molecule has 3 aromatic rings. The third-order valence-electron chi connectivity index (χ3n) is 4.19. The number of amides is 1. The van der Waals surface area contributed by atoms with Gasteiger partial charge in [-0.15, -0.1) is 0 Å². The minimum absolute atomic E-state index is 0.0976. The van der Waals surface area contributed by atoms with Crippen molar-refractivity contribution in [2.24, 2.45) is 0 Å². The van der Waals surface area contributed by atoms with E-state index in [0.717, 1.165) is 18.2 Å². The number of hydrogen-bond acceptors (Lipinski definition) is 4. The van der Waals surface area contributed by atoms with E-state index in [9.17, 15) is 31.9 Å². The topological polar surface area (TPSA) is 113 Å². The van der Waals surface area contributed by atoms with Crippen LogP contribution in [0.25, 0.3) is 0 Å². The van der Waals surface area contributed by atoms with Crippen LogP contribution < -0.4 is 10.0 Å². The molecule has 0 aliphatic carbocycles. The molecule has 7 nitrogen and oxygen atoms in total. The molecule has 3 N–H and O–H groups in total. The molecule has 13 heteroatoms. The molecule has 0 atom stereocenters. The average molecular weight is 580 g/mol. The van der Waals surface area contributed by atoms with Crippen molar-refractivity contribution in [2.75, 3.05) is 10.0 Å². The highest BCUT2D eigenvalue weighted by atomic mass is 79.9. The number of aromatic carboxylic acids is 1. The van der Waals surface area contributed by atoms with Gasteiger partial charge in [-0.3, -0.25) is 9.52 Å². The van der Waals surface area contributed by atoms with E-state index in [2.05, 4.69) is 21.2 Å². The van der Waals surface area contributed by atoms with Gasteiger partial charge in [-0.05, 0) is 48.5 Å². The number of anilines is 2. The largest absolute Gasteiger partial charge is 0.478 e. The predicted octanol–water partition coefficient (Wildman–Crippen LogP) is 5.79. The minimum atomic E-state index is -4.59. The summed E-state index contributed by atoms with van der Waals surface area (Å²) in [5.74, 6) is -4.36. The lowest BCUT2D eigenvalue weighted by Gasteiger charge is -2.13. The van der Waals surface area contributed by atoms with E-state index in [4.69, 9.17) is 23.2 Å². The molecule has 0 saturated heterocycles. The molecule has 0 aliphatic rings. The highest BCUT2D eigenvalue weighted by Gasteiger charge is 2.25. The van der Waals surface area contributed by atoms with Crippen molar-refractivity contribution < 1.29 is 31.9 Å². The first kappa shape index (κ1) is 24.9. The zero-order valence-electron chi connectivity index (χ0n) is 16.0. The Morgan fingerprint density at radius 2 is 1.61 bits per heavy atom. The van der Waals surface area contributed by atoms with Gasteiger partial charge in [-0.25, -0.2) is 22.0 Å². The fourth-order valence-corrected chi connectivity index (χ4v) is 4.58. The van der Waals surface area contributed by atoms with E-state index < -0.39 is 49.0 Å². The summed E-state index contributed by atoms with van der Waals surface area (Å²) in [6.45, 7) is 0. The van der Waals surface area contributed by atoms with Crippen molar-refractivity contribution in [2.45, 2.75) is 4.90 Å². The van der Waals surface area contributed by atoms with Crippen molar-refractivity contribution in [3.05, 3.63) is 85.8 Å². The molecule has 0 aliphatic heterocycles. The van der Waals surface area contributed by atoms with Gasteiger partial charge in [0.25, 0.3) is 15.9 Å². The Morgan fingerprint density at radius 3 is 2.24 bits per heavy atom. The maximum atomic E-state index is 14.5. The lowest BCUT2D eigenvalue weighted by atomic mass is 10.1. The first-order chi connectivity index (χ1) is 15.4. The molecular formula is C20H11BrCl2F2N2O5S. The SMILES string of the molecule is O=C(Nc1ccc(Br)cc1C(=O)O)c1cc(S(=O)(=O)Nc2ccc(F)c(Cl)c2)c(F)cc1Cl. The number of nitrogens with one attached hydrogen (secondary N) is 2. The number of hydrogen-bond donors (Lipinski definition) is 3. The molecule has 33 heavy (non-hydrogen) atoms. The highest BCUT2D eigenvalue weighted by Crippen LogP contribution is 2.29. The average Bonchev–Trinajstić information content (AvgIpc) is 2.71. The number of carboxylic acids is 1. The Morgan fingerprint density at radius 1 is 0.909 bits per heavy atom. The summed E-state index contributed by atoms with van der Waals surface area (Å²) in [5, 5.41) is 10.9. The van der Waals surface area contributed by atoms with Gasteiger partial charge in [0.15, 0.2) is 0 Å². The number of carbonyl (C=O) groups excluding carboxylic acids is 1. The monoisotopic (exact) mass is 578 g/mol. The molecule has 0 unspecified atom stereocenters. The number of carboxylic acid groups (broad SMARTS) is 1. The Balaban J connectivity index is 1.98. The molecule has 0 saturated carbocycles. The van der Waals surface area contributed by atoms with E-state index in [-0.39, 0.29) is 22.0 Å². The van der Waals surface area contributed by atoms with E-state index >= 15 is 0 Å². The van der Waals surface area contributed by atoms with Crippen LogP contribution in [-0.4, -0.2) is 25.4 Å². The van der Waals surface area contributed by atoms with Crippen LogP contribution in [0.1, 0.15) is 20.7 Å². The molecule has 0 aromatic heterocycles. The van der Waals surface area contributed by atoms with Crippen molar-refractivity contribution in [1.29, 1.82) is 0 Å². The first-order valence-corrected chi connectivity index (χ1v) is 11.7. The predicted molar refractivity (Wildman–Crippen MR) is 123 cm³/mol. The number of carbonyl (C=O) groups is 2. The molecule has 0 radical (unpaired) electrons. The van der Waals surface area contributed by atoms with Crippen LogP contribution in [0, 0.1) is 11.6 Å². The van der Waals surface area contributed by atoms with Crippen LogP contribution >= 0.6 is 39.1 Å². The highest BCUT2D eigenvalue weighted by molar-refractivity contribution is 9.10. The van der Waals surface area contributed by atoms with Crippen LogP contribution in [0.5, 0.6) is 0 Å². The van der Waals surface area contributed by atoms with Gasteiger partial charge in [0.1, 0.15) is 16.5 Å². The standard InChI is InChI=1S/C20H11BrCl2F2N2O5S/c21-9-1-4-17(12(5-9)20(29)30)26-19(28)11-7-18(16(25)8-13(11)22)33(31,32)27-10-2-3-15(24)14(23)6-10/h1-8,27H,(H,26,28)(H,29,30). The second-order valence-corrected chi connectivity index (χ2v) is 9.83. The molecule has 172 valence electrons. The van der Waals surface area contributed by atoms with Crippen molar-refractivity contribution in [3.63, 3.8) is 0 Å². The van der Waals surface area contributed by atoms with E-state index in [1.54, 1.807) is 0 Å². The zero-order chi connectivity index (χ0) is 24.5. The van der Waals surface area contributed by atoms with Gasteiger partial charge in [-0.1, -0.05) is 39.1 Å². The van der Waals surface area contributed by atoms with E-state index in [1.807, 2.05) is 4.72 Å². The third-order valence-corrected chi connectivity index (χ3v) is 6.68. The Hall–Kier alpha value is -2.73. The molecule has 0 heterocycles. The lowest BCUT2D eigenvalue weighted by molar-refractivity contribution is 0.0698. The second-order valence-electron chi connectivity index (χ2n) is 6.45. The molecule has 0 bridgehead atoms. The third kappa shape index (κ3) is 5.61. The van der Waals surface area contributed by atoms with Crippen molar-refractivity contribution in [3.8, 4) is 0 Å².